The molecule has 0 atom stereocenters. The highest BCUT2D eigenvalue weighted by Crippen LogP contribution is 2.23. The third-order valence-electron chi connectivity index (χ3n) is 4.78. The SMILES string of the molecule is O=C(CNc1ccc2ccccc2c1)N/N=C\c1cc(Br)ccc1OC(=O)c1ccccc1. The van der Waals surface area contributed by atoms with Crippen molar-refractivity contribution in [2.45, 2.75) is 0 Å². The normalized spacial score (nSPS) is 10.8. The Kier molecular flexibility index (Phi) is 7.12. The monoisotopic (exact) mass is 501 g/mol. The van der Waals surface area contributed by atoms with E-state index < -0.39 is 5.97 Å². The zero-order valence-electron chi connectivity index (χ0n) is 17.5. The summed E-state index contributed by atoms with van der Waals surface area (Å²) in [5, 5.41) is 9.32. The lowest BCUT2D eigenvalue weighted by molar-refractivity contribution is -0.119. The molecule has 2 N–H and O–H groups in total. The molecule has 0 bridgehead atoms. The summed E-state index contributed by atoms with van der Waals surface area (Å²) in [6.45, 7) is 0.0595. The molecule has 7 heteroatoms. The van der Waals surface area contributed by atoms with Crippen molar-refractivity contribution in [1.29, 1.82) is 0 Å². The number of anilines is 1. The largest absolute Gasteiger partial charge is 0.422 e. The van der Waals surface area contributed by atoms with Crippen LogP contribution in [0.5, 0.6) is 5.75 Å². The maximum atomic E-state index is 12.4. The number of fused-ring (bicyclic) bond motifs is 1. The van der Waals surface area contributed by atoms with E-state index >= 15 is 0 Å². The second-order valence-corrected chi connectivity index (χ2v) is 8.06. The number of rotatable bonds is 7. The first kappa shape index (κ1) is 22.2. The molecule has 0 spiro atoms. The number of carbonyl (C=O) groups excluding carboxylic acids is 2. The number of ether oxygens (including phenoxy) is 1. The topological polar surface area (TPSA) is 79.8 Å². The van der Waals surface area contributed by atoms with Crippen molar-refractivity contribution >= 4 is 50.5 Å². The number of benzene rings is 4. The van der Waals surface area contributed by atoms with Crippen LogP contribution in [0.3, 0.4) is 0 Å². The minimum atomic E-state index is -0.476. The fourth-order valence-electron chi connectivity index (χ4n) is 3.14. The fraction of sp³-hybridized carbons (Fsp3) is 0.0385. The molecule has 164 valence electrons. The average molecular weight is 502 g/mol. The van der Waals surface area contributed by atoms with E-state index in [1.54, 1.807) is 42.5 Å². The molecule has 6 nitrogen and oxygen atoms in total. The van der Waals surface area contributed by atoms with Crippen molar-refractivity contribution in [2.75, 3.05) is 11.9 Å². The smallest absolute Gasteiger partial charge is 0.343 e. The molecule has 0 aliphatic carbocycles. The Morgan fingerprint density at radius 3 is 2.45 bits per heavy atom. The maximum absolute atomic E-state index is 12.4. The molecule has 0 fully saturated rings. The van der Waals surface area contributed by atoms with Gasteiger partial charge in [-0.25, -0.2) is 10.2 Å². The predicted octanol–water partition coefficient (Wildman–Crippen LogP) is 5.38. The molecular weight excluding hydrogens is 482 g/mol. The van der Waals surface area contributed by atoms with Gasteiger partial charge in [-0.2, -0.15) is 5.10 Å². The van der Waals surface area contributed by atoms with Gasteiger partial charge in [0, 0.05) is 15.7 Å². The van der Waals surface area contributed by atoms with E-state index in [4.69, 9.17) is 4.74 Å². The summed E-state index contributed by atoms with van der Waals surface area (Å²) in [5.41, 5.74) is 4.30. The van der Waals surface area contributed by atoms with E-state index in [0.29, 0.717) is 16.9 Å². The summed E-state index contributed by atoms with van der Waals surface area (Å²) in [4.78, 5) is 24.6. The number of hydrogen-bond donors (Lipinski definition) is 2. The highest BCUT2D eigenvalue weighted by Gasteiger charge is 2.11. The van der Waals surface area contributed by atoms with Gasteiger partial charge in [-0.15, -0.1) is 0 Å². The third kappa shape index (κ3) is 6.05. The Morgan fingerprint density at radius 2 is 1.64 bits per heavy atom. The van der Waals surface area contributed by atoms with Crippen LogP contribution in [0.4, 0.5) is 5.69 Å². The number of halogens is 1. The van der Waals surface area contributed by atoms with Crippen molar-refractivity contribution in [1.82, 2.24) is 5.43 Å². The Bertz CT molecular complexity index is 1320. The Morgan fingerprint density at radius 1 is 0.879 bits per heavy atom. The number of hydrazone groups is 1. The van der Waals surface area contributed by atoms with Crippen molar-refractivity contribution in [3.8, 4) is 5.75 Å². The molecule has 4 aromatic carbocycles. The van der Waals surface area contributed by atoms with Crippen LogP contribution in [0.2, 0.25) is 0 Å². The lowest BCUT2D eigenvalue weighted by Gasteiger charge is -2.08. The summed E-state index contributed by atoms with van der Waals surface area (Å²) in [7, 11) is 0. The standard InChI is InChI=1S/C26H20BrN3O3/c27-22-11-13-24(33-26(32)19-7-2-1-3-8-19)21(14-22)16-29-30-25(31)17-28-23-12-10-18-6-4-5-9-20(18)15-23/h1-16,28H,17H2,(H,30,31)/b29-16-. The van der Waals surface area contributed by atoms with Gasteiger partial charge < -0.3 is 10.1 Å². The van der Waals surface area contributed by atoms with Crippen LogP contribution in [-0.4, -0.2) is 24.6 Å². The Balaban J connectivity index is 1.36. The zero-order chi connectivity index (χ0) is 23.0. The first-order valence-corrected chi connectivity index (χ1v) is 11.0. The minimum Gasteiger partial charge on any atom is -0.422 e. The second kappa shape index (κ2) is 10.6. The molecule has 0 heterocycles. The first-order valence-electron chi connectivity index (χ1n) is 10.2. The third-order valence-corrected chi connectivity index (χ3v) is 5.27. The Hall–Kier alpha value is -3.97. The van der Waals surface area contributed by atoms with Gasteiger partial charge >= 0.3 is 5.97 Å². The van der Waals surface area contributed by atoms with Gasteiger partial charge in [0.2, 0.25) is 0 Å². The lowest BCUT2D eigenvalue weighted by atomic mass is 10.1. The summed E-state index contributed by atoms with van der Waals surface area (Å²) in [5.74, 6) is -0.451. The molecule has 33 heavy (non-hydrogen) atoms. The van der Waals surface area contributed by atoms with E-state index in [0.717, 1.165) is 20.9 Å². The predicted molar refractivity (Wildman–Crippen MR) is 134 cm³/mol. The summed E-state index contributed by atoms with van der Waals surface area (Å²) in [6.07, 6.45) is 1.44. The van der Waals surface area contributed by atoms with Crippen LogP contribution >= 0.6 is 15.9 Å². The molecule has 0 aliphatic rings. The minimum absolute atomic E-state index is 0.0595. The highest BCUT2D eigenvalue weighted by atomic mass is 79.9. The van der Waals surface area contributed by atoms with Crippen LogP contribution in [-0.2, 0) is 4.79 Å². The molecule has 0 radical (unpaired) electrons. The van der Waals surface area contributed by atoms with Crippen molar-refractivity contribution < 1.29 is 14.3 Å². The van der Waals surface area contributed by atoms with Crippen molar-refractivity contribution in [2.24, 2.45) is 5.10 Å². The molecule has 0 aliphatic heterocycles. The van der Waals surface area contributed by atoms with Gasteiger partial charge in [0.15, 0.2) is 0 Å². The first-order chi connectivity index (χ1) is 16.1. The van der Waals surface area contributed by atoms with Gasteiger partial charge in [0.25, 0.3) is 5.91 Å². The average Bonchev–Trinajstić information content (AvgIpc) is 2.84. The summed E-state index contributed by atoms with van der Waals surface area (Å²) >= 11 is 3.40. The van der Waals surface area contributed by atoms with E-state index in [1.807, 2.05) is 48.5 Å². The number of nitrogens with one attached hydrogen (secondary N) is 2. The molecule has 0 saturated heterocycles. The molecule has 4 aromatic rings. The zero-order valence-corrected chi connectivity index (χ0v) is 19.1. The van der Waals surface area contributed by atoms with E-state index in [1.165, 1.54) is 6.21 Å². The number of hydrogen-bond acceptors (Lipinski definition) is 5. The van der Waals surface area contributed by atoms with Crippen LogP contribution in [0, 0.1) is 0 Å². The number of amides is 1. The van der Waals surface area contributed by atoms with Crippen LogP contribution in [0.25, 0.3) is 10.8 Å². The van der Waals surface area contributed by atoms with Crippen molar-refractivity contribution in [3.05, 3.63) is 107 Å². The second-order valence-electron chi connectivity index (χ2n) is 7.15. The molecule has 0 aromatic heterocycles. The van der Waals surface area contributed by atoms with Crippen LogP contribution in [0.1, 0.15) is 15.9 Å². The van der Waals surface area contributed by atoms with Gasteiger partial charge in [-0.3, -0.25) is 4.79 Å². The molecular formula is C26H20BrN3O3. The van der Waals surface area contributed by atoms with Gasteiger partial charge in [-0.05, 0) is 53.2 Å². The molecule has 1 amide bonds. The van der Waals surface area contributed by atoms with Gasteiger partial charge in [-0.1, -0.05) is 64.5 Å². The van der Waals surface area contributed by atoms with Crippen LogP contribution < -0.4 is 15.5 Å². The fourth-order valence-corrected chi connectivity index (χ4v) is 3.52. The molecule has 4 rings (SSSR count). The highest BCUT2D eigenvalue weighted by molar-refractivity contribution is 9.10. The number of nitrogens with zero attached hydrogens (tertiary/aromatic N) is 1. The molecule has 0 saturated carbocycles. The molecule has 0 unspecified atom stereocenters. The van der Waals surface area contributed by atoms with Crippen LogP contribution in [0.15, 0.2) is 101 Å². The Labute approximate surface area is 199 Å². The lowest BCUT2D eigenvalue weighted by Crippen LogP contribution is -2.25. The van der Waals surface area contributed by atoms with Gasteiger partial charge in [0.1, 0.15) is 5.75 Å². The van der Waals surface area contributed by atoms with Gasteiger partial charge in [0.05, 0.1) is 18.3 Å². The summed E-state index contributed by atoms with van der Waals surface area (Å²) in [6, 6.07) is 27.8. The maximum Gasteiger partial charge on any atom is 0.343 e. The van der Waals surface area contributed by atoms with E-state index in [-0.39, 0.29) is 12.5 Å². The van der Waals surface area contributed by atoms with E-state index in [2.05, 4.69) is 31.8 Å². The number of carbonyl (C=O) groups is 2. The summed E-state index contributed by atoms with van der Waals surface area (Å²) < 4.78 is 6.29. The number of esters is 1. The van der Waals surface area contributed by atoms with E-state index in [9.17, 15) is 9.59 Å². The quantitative estimate of drug-likeness (QED) is 0.154. The van der Waals surface area contributed by atoms with Crippen molar-refractivity contribution in [3.63, 3.8) is 0 Å².